The summed E-state index contributed by atoms with van der Waals surface area (Å²) in [4.78, 5) is 12.1. The molecule has 0 aliphatic rings. The van der Waals surface area contributed by atoms with Crippen molar-refractivity contribution in [3.05, 3.63) is 58.1 Å². The highest BCUT2D eigenvalue weighted by Crippen LogP contribution is 2.43. The van der Waals surface area contributed by atoms with E-state index in [1.807, 2.05) is 0 Å². The van der Waals surface area contributed by atoms with Gasteiger partial charge in [-0.05, 0) is 45.0 Å². The first-order valence-electron chi connectivity index (χ1n) is 8.56. The van der Waals surface area contributed by atoms with Crippen LogP contribution in [0.25, 0.3) is 0 Å². The van der Waals surface area contributed by atoms with Crippen LogP contribution in [-0.4, -0.2) is 28.6 Å². The van der Waals surface area contributed by atoms with Crippen LogP contribution in [0.2, 0.25) is 5.02 Å². The molecular formula is C20H19ClF3NO3S2. The van der Waals surface area contributed by atoms with Crippen LogP contribution in [0.5, 0.6) is 0 Å². The molecule has 2 rings (SSSR count). The predicted molar refractivity (Wildman–Crippen MR) is 114 cm³/mol. The second kappa shape index (κ2) is 9.64. The number of hydrogen-bond acceptors (Lipinski definition) is 5. The average Bonchev–Trinajstić information content (AvgIpc) is 2.65. The number of alkyl halides is 3. The maximum atomic E-state index is 13.8. The monoisotopic (exact) mass is 477 g/mol. The van der Waals surface area contributed by atoms with Crippen molar-refractivity contribution in [1.82, 2.24) is 0 Å². The highest BCUT2D eigenvalue weighted by Gasteiger charge is 2.36. The van der Waals surface area contributed by atoms with E-state index in [9.17, 15) is 22.5 Å². The lowest BCUT2D eigenvalue weighted by molar-refractivity contribution is -0.139. The van der Waals surface area contributed by atoms with Crippen molar-refractivity contribution in [3.63, 3.8) is 0 Å². The lowest BCUT2D eigenvalue weighted by Gasteiger charge is -2.19. The smallest absolute Gasteiger partial charge is 0.417 e. The minimum absolute atomic E-state index is 0.0390. The summed E-state index contributed by atoms with van der Waals surface area (Å²) in [6.45, 7) is 5.09. The van der Waals surface area contributed by atoms with Crippen LogP contribution in [0.1, 0.15) is 42.3 Å². The summed E-state index contributed by atoms with van der Waals surface area (Å²) in [6, 6.07) is 8.27. The number of ether oxygens (including phenoxy) is 1. The number of carbonyl (C=O) groups excluding carboxylic acids is 1. The molecule has 0 N–H and O–H groups in total. The van der Waals surface area contributed by atoms with Gasteiger partial charge in [0.25, 0.3) is 0 Å². The molecule has 10 heteroatoms. The van der Waals surface area contributed by atoms with E-state index < -0.39 is 33.8 Å². The molecule has 162 valence electrons. The Morgan fingerprint density at radius 1 is 1.23 bits per heavy atom. The van der Waals surface area contributed by atoms with E-state index in [0.29, 0.717) is 0 Å². The van der Waals surface area contributed by atoms with Crippen LogP contribution in [-0.2, 0) is 22.3 Å². The van der Waals surface area contributed by atoms with Crippen molar-refractivity contribution < 1.29 is 27.3 Å². The van der Waals surface area contributed by atoms with Crippen LogP contribution in [0, 0.1) is 0 Å². The third kappa shape index (κ3) is 6.16. The van der Waals surface area contributed by atoms with Crippen LogP contribution in [0.4, 0.5) is 13.2 Å². The van der Waals surface area contributed by atoms with Crippen molar-refractivity contribution >= 4 is 46.9 Å². The second-order valence-electron chi connectivity index (χ2n) is 7.06. The fourth-order valence-electron chi connectivity index (χ4n) is 2.24. The number of rotatable bonds is 5. The Morgan fingerprint density at radius 3 is 2.43 bits per heavy atom. The Kier molecular flexibility index (Phi) is 7.90. The third-order valence-corrected chi connectivity index (χ3v) is 6.50. The molecule has 1 atom stereocenters. The molecule has 0 aliphatic carbocycles. The van der Waals surface area contributed by atoms with Gasteiger partial charge in [-0.25, -0.2) is 4.79 Å². The van der Waals surface area contributed by atoms with Gasteiger partial charge in [-0.15, -0.1) is 0 Å². The van der Waals surface area contributed by atoms with Crippen LogP contribution in [0.3, 0.4) is 0 Å². The number of halogens is 4. The minimum atomic E-state index is -4.71. The maximum Gasteiger partial charge on any atom is 0.417 e. The Balaban J connectivity index is 2.65. The largest absolute Gasteiger partial charge is 0.591 e. The molecule has 0 heterocycles. The molecule has 1 unspecified atom stereocenters. The molecule has 4 nitrogen and oxygen atoms in total. The Labute approximate surface area is 185 Å². The number of carbonyl (C=O) groups is 1. The zero-order chi connectivity index (χ0) is 22.7. The van der Waals surface area contributed by atoms with Crippen molar-refractivity contribution in [3.8, 4) is 0 Å². The van der Waals surface area contributed by atoms with Crippen LogP contribution >= 0.6 is 23.4 Å². The summed E-state index contributed by atoms with van der Waals surface area (Å²) in [5.74, 6) is -0.676. The van der Waals surface area contributed by atoms with Gasteiger partial charge in [0.2, 0.25) is 0 Å². The summed E-state index contributed by atoms with van der Waals surface area (Å²) in [5.41, 5.74) is -0.825. The molecule has 0 amide bonds. The molecular weight excluding hydrogens is 459 g/mol. The lowest BCUT2D eigenvalue weighted by Crippen LogP contribution is -2.25. The van der Waals surface area contributed by atoms with E-state index in [0.717, 1.165) is 24.0 Å². The first-order valence-corrected chi connectivity index (χ1v) is 10.9. The number of nitrogens with zero attached hydrogens (tertiary/aromatic N) is 1. The van der Waals surface area contributed by atoms with Gasteiger partial charge in [0.15, 0.2) is 0 Å². The number of hydrogen-bond donors (Lipinski definition) is 0. The molecule has 2 aromatic carbocycles. The van der Waals surface area contributed by atoms with Crippen LogP contribution in [0.15, 0.2) is 50.6 Å². The van der Waals surface area contributed by atoms with Gasteiger partial charge < -0.3 is 9.29 Å². The lowest BCUT2D eigenvalue weighted by atomic mass is 10.1. The predicted octanol–water partition coefficient (Wildman–Crippen LogP) is 6.18. The molecule has 0 spiro atoms. The molecule has 0 aliphatic heterocycles. The number of methoxy groups -OCH3 is 1. The number of benzene rings is 2. The van der Waals surface area contributed by atoms with Crippen molar-refractivity contribution in [1.29, 1.82) is 0 Å². The molecule has 30 heavy (non-hydrogen) atoms. The summed E-state index contributed by atoms with van der Waals surface area (Å²) >= 11 is 4.98. The standard InChI is InChI=1S/C20H19ClF3NO3S2/c1-19(2,3)30(27)25-11-12-9-13(21)10-15(20(22,23)24)17(12)29-16-8-6-5-7-14(16)18(26)28-4/h5-11H,1-4H3. The highest BCUT2D eigenvalue weighted by atomic mass is 35.5. The quantitative estimate of drug-likeness (QED) is 0.293. The Morgan fingerprint density at radius 2 is 1.87 bits per heavy atom. The number of esters is 1. The van der Waals surface area contributed by atoms with Gasteiger partial charge in [0, 0.05) is 20.4 Å². The zero-order valence-electron chi connectivity index (χ0n) is 16.5. The molecule has 0 bridgehead atoms. The van der Waals surface area contributed by atoms with E-state index >= 15 is 0 Å². The van der Waals surface area contributed by atoms with Gasteiger partial charge in [-0.2, -0.15) is 13.2 Å². The summed E-state index contributed by atoms with van der Waals surface area (Å²) < 4.78 is 61.5. The highest BCUT2D eigenvalue weighted by molar-refractivity contribution is 7.99. The van der Waals surface area contributed by atoms with E-state index in [1.54, 1.807) is 32.9 Å². The Bertz CT molecular complexity index is 959. The topological polar surface area (TPSA) is 61.7 Å². The van der Waals surface area contributed by atoms with Gasteiger partial charge in [-0.3, -0.25) is 0 Å². The van der Waals surface area contributed by atoms with Gasteiger partial charge in [-0.1, -0.05) is 39.9 Å². The van der Waals surface area contributed by atoms with E-state index in [2.05, 4.69) is 4.40 Å². The normalized spacial score (nSPS) is 13.5. The second-order valence-corrected chi connectivity index (χ2v) is 10.5. The molecule has 0 saturated carbocycles. The van der Waals surface area contributed by atoms with Crippen molar-refractivity contribution in [2.24, 2.45) is 4.40 Å². The van der Waals surface area contributed by atoms with E-state index in [4.69, 9.17) is 16.3 Å². The van der Waals surface area contributed by atoms with Crippen molar-refractivity contribution in [2.45, 2.75) is 41.5 Å². The SMILES string of the molecule is COC(=O)c1ccccc1Sc1c(C=N[S+]([O-])C(C)(C)C)cc(Cl)cc1C(F)(F)F. The average molecular weight is 478 g/mol. The van der Waals surface area contributed by atoms with E-state index in [-0.39, 0.29) is 25.9 Å². The van der Waals surface area contributed by atoms with Crippen molar-refractivity contribution in [2.75, 3.05) is 7.11 Å². The molecule has 0 radical (unpaired) electrons. The third-order valence-electron chi connectivity index (χ3n) is 3.70. The minimum Gasteiger partial charge on any atom is -0.591 e. The summed E-state index contributed by atoms with van der Waals surface area (Å²) in [7, 11) is 1.19. The van der Waals surface area contributed by atoms with Gasteiger partial charge in [0.1, 0.15) is 16.1 Å². The fourth-order valence-corrected chi connectivity index (χ4v) is 4.14. The van der Waals surface area contributed by atoms with E-state index in [1.165, 1.54) is 25.3 Å². The molecule has 0 saturated heterocycles. The molecule has 0 aromatic heterocycles. The fraction of sp³-hybridized carbons (Fsp3) is 0.300. The molecule has 0 fully saturated rings. The Hall–Kier alpha value is -1.68. The first-order chi connectivity index (χ1) is 13.8. The zero-order valence-corrected chi connectivity index (χ0v) is 18.9. The van der Waals surface area contributed by atoms with Gasteiger partial charge in [0.05, 0.1) is 24.5 Å². The first kappa shape index (κ1) is 24.6. The molecule has 2 aromatic rings. The summed E-state index contributed by atoms with van der Waals surface area (Å²) in [5, 5.41) is -0.143. The van der Waals surface area contributed by atoms with Gasteiger partial charge >= 0.3 is 12.1 Å². The summed E-state index contributed by atoms with van der Waals surface area (Å²) in [6.07, 6.45) is -3.59. The van der Waals surface area contributed by atoms with Crippen LogP contribution < -0.4 is 0 Å². The maximum absolute atomic E-state index is 13.8.